The van der Waals surface area contributed by atoms with E-state index in [1.54, 1.807) is 18.7 Å². The van der Waals surface area contributed by atoms with E-state index < -0.39 is 54.8 Å². The summed E-state index contributed by atoms with van der Waals surface area (Å²) in [6, 6.07) is 1.25. The Bertz CT molecular complexity index is 1620. The van der Waals surface area contributed by atoms with Crippen LogP contribution < -0.4 is 10.6 Å². The highest BCUT2D eigenvalue weighted by molar-refractivity contribution is 7.99. The summed E-state index contributed by atoms with van der Waals surface area (Å²) in [5.41, 5.74) is -1.78. The molecule has 2 N–H and O–H groups in total. The lowest BCUT2D eigenvalue weighted by molar-refractivity contribution is -0.137. The molecule has 0 radical (unpaired) electrons. The number of halogens is 5. The van der Waals surface area contributed by atoms with Gasteiger partial charge in [-0.2, -0.15) is 18.2 Å². The van der Waals surface area contributed by atoms with Gasteiger partial charge in [0.25, 0.3) is 0 Å². The second-order valence-corrected chi connectivity index (χ2v) is 20.1. The van der Waals surface area contributed by atoms with Gasteiger partial charge in [0.05, 0.1) is 33.1 Å². The number of aromatic nitrogens is 2. The van der Waals surface area contributed by atoms with Gasteiger partial charge in [-0.1, -0.05) is 32.4 Å². The van der Waals surface area contributed by atoms with E-state index in [1.165, 1.54) is 27.7 Å². The van der Waals surface area contributed by atoms with Crippen molar-refractivity contribution in [2.24, 2.45) is 0 Å². The predicted molar refractivity (Wildman–Crippen MR) is 174 cm³/mol. The molecule has 8 nitrogen and oxygen atoms in total. The van der Waals surface area contributed by atoms with Crippen molar-refractivity contribution in [2.45, 2.75) is 81.8 Å². The largest absolute Gasteiger partial charge is 0.465 e. The van der Waals surface area contributed by atoms with Crippen LogP contribution >= 0.6 is 34.7 Å². The first-order valence-corrected chi connectivity index (χ1v) is 19.5. The lowest BCUT2D eigenvalue weighted by Crippen LogP contribution is -2.58. The normalized spacial score (nSPS) is 18.9. The fourth-order valence-corrected chi connectivity index (χ4v) is 8.75. The number of hydrogen-bond acceptors (Lipinski definition) is 7. The minimum atomic E-state index is -4.82. The number of alkyl halides is 3. The van der Waals surface area contributed by atoms with Crippen molar-refractivity contribution in [3.05, 3.63) is 49.3 Å². The Balaban J connectivity index is 1.80. The van der Waals surface area contributed by atoms with Gasteiger partial charge in [0.15, 0.2) is 8.32 Å². The molecule has 248 valence electrons. The molecule has 4 rings (SSSR count). The number of carboxylic acid groups (broad SMARTS) is 1. The van der Waals surface area contributed by atoms with Crippen LogP contribution in [0.2, 0.25) is 23.2 Å². The summed E-state index contributed by atoms with van der Waals surface area (Å²) in [5.74, 6) is -0.584. The van der Waals surface area contributed by atoms with Crippen LogP contribution in [0.1, 0.15) is 51.0 Å². The molecule has 16 heteroatoms. The molecular formula is C29H37ClF4N4O4S2Si. The van der Waals surface area contributed by atoms with Crippen LogP contribution in [-0.4, -0.2) is 71.9 Å². The van der Waals surface area contributed by atoms with E-state index in [0.717, 1.165) is 17.8 Å². The molecule has 1 unspecified atom stereocenters. The molecule has 45 heavy (non-hydrogen) atoms. The molecule has 1 saturated heterocycles. The van der Waals surface area contributed by atoms with Gasteiger partial charge in [0.2, 0.25) is 0 Å². The van der Waals surface area contributed by atoms with Crippen LogP contribution in [0.15, 0.2) is 27.2 Å². The molecule has 3 heterocycles. The maximum Gasteiger partial charge on any atom is 0.417 e. The van der Waals surface area contributed by atoms with Crippen molar-refractivity contribution < 1.29 is 31.9 Å². The fraction of sp³-hybridized carbons (Fsp3) is 0.552. The zero-order chi connectivity index (χ0) is 33.6. The molecule has 0 spiro atoms. The van der Waals surface area contributed by atoms with Crippen LogP contribution in [0.5, 0.6) is 0 Å². The number of piperazine rings is 1. The van der Waals surface area contributed by atoms with Gasteiger partial charge in [-0.3, -0.25) is 4.90 Å². The quantitative estimate of drug-likeness (QED) is 0.138. The van der Waals surface area contributed by atoms with Crippen molar-refractivity contribution in [3.63, 3.8) is 0 Å². The SMILES string of the molecule is C[C@@H]1CN(c2nc(=O)[nH]c3c(SCC(CO[Si](C)(C)C(C)(C)C)c4cc(F)cs4)c(Cl)c(C(F)(F)F)cc23)C[C@H](C)N1C(=O)O. The second kappa shape index (κ2) is 13.0. The summed E-state index contributed by atoms with van der Waals surface area (Å²) in [6.45, 7) is 14.3. The molecule has 1 aliphatic rings. The zero-order valence-corrected chi connectivity index (χ0v) is 29.4. The fourth-order valence-electron chi connectivity index (χ4n) is 5.15. The first-order chi connectivity index (χ1) is 20.7. The summed E-state index contributed by atoms with van der Waals surface area (Å²) in [5, 5.41) is 10.4. The summed E-state index contributed by atoms with van der Waals surface area (Å²) in [4.78, 5) is 34.9. The lowest BCUT2D eigenvalue weighted by atomic mass is 10.1. The number of nitrogens with zero attached hydrogens (tertiary/aromatic N) is 3. The third-order valence-corrected chi connectivity index (χ3v) is 15.9. The monoisotopic (exact) mass is 708 g/mol. The van der Waals surface area contributed by atoms with E-state index in [9.17, 15) is 32.3 Å². The van der Waals surface area contributed by atoms with E-state index in [4.69, 9.17) is 16.0 Å². The van der Waals surface area contributed by atoms with Crippen molar-refractivity contribution in [3.8, 4) is 0 Å². The van der Waals surface area contributed by atoms with E-state index in [2.05, 4.69) is 43.8 Å². The number of amides is 1. The Morgan fingerprint density at radius 2 is 1.87 bits per heavy atom. The van der Waals surface area contributed by atoms with Crippen LogP contribution in [0, 0.1) is 5.82 Å². The molecule has 1 fully saturated rings. The number of H-pyrrole nitrogens is 1. The lowest BCUT2D eigenvalue weighted by Gasteiger charge is -2.43. The molecule has 3 atom stereocenters. The number of benzene rings is 1. The smallest absolute Gasteiger partial charge is 0.417 e. The number of thioether (sulfide) groups is 1. The molecular weight excluding hydrogens is 672 g/mol. The van der Waals surface area contributed by atoms with Crippen molar-refractivity contribution in [1.29, 1.82) is 0 Å². The highest BCUT2D eigenvalue weighted by atomic mass is 35.5. The van der Waals surface area contributed by atoms with Gasteiger partial charge in [-0.05, 0) is 44.1 Å². The molecule has 3 aromatic rings. The maximum atomic E-state index is 14.4. The number of hydrogen-bond donors (Lipinski definition) is 2. The van der Waals surface area contributed by atoms with E-state index in [-0.39, 0.29) is 58.0 Å². The van der Waals surface area contributed by atoms with Gasteiger partial charge in [-0.25, -0.2) is 14.0 Å². The van der Waals surface area contributed by atoms with Crippen molar-refractivity contribution >= 4 is 65.8 Å². The third-order valence-electron chi connectivity index (χ3n) is 8.52. The number of anilines is 1. The Labute approximate surface area is 273 Å². The Morgan fingerprint density at radius 3 is 2.38 bits per heavy atom. The van der Waals surface area contributed by atoms with E-state index >= 15 is 0 Å². The second-order valence-electron chi connectivity index (χ2n) is 12.9. The number of aromatic amines is 1. The topological polar surface area (TPSA) is 98.8 Å². The summed E-state index contributed by atoms with van der Waals surface area (Å²) < 4.78 is 63.7. The zero-order valence-electron chi connectivity index (χ0n) is 26.0. The van der Waals surface area contributed by atoms with Crippen LogP contribution in [0.3, 0.4) is 0 Å². The maximum absolute atomic E-state index is 14.4. The first kappa shape index (κ1) is 35.5. The molecule has 0 aliphatic carbocycles. The van der Waals surface area contributed by atoms with Crippen LogP contribution in [-0.2, 0) is 10.6 Å². The number of carbonyl (C=O) groups is 1. The summed E-state index contributed by atoms with van der Waals surface area (Å²) >= 11 is 8.69. The number of nitrogens with one attached hydrogen (secondary N) is 1. The van der Waals surface area contributed by atoms with Crippen molar-refractivity contribution in [2.75, 3.05) is 30.3 Å². The average Bonchev–Trinajstić information content (AvgIpc) is 3.32. The minimum Gasteiger partial charge on any atom is -0.465 e. The van der Waals surface area contributed by atoms with Gasteiger partial charge in [0.1, 0.15) is 11.6 Å². The standard InChI is InChI=1S/C29H37ClF4N4O4S2Si/c1-15-10-37(11-16(2)38(15)27(40)41)25-19-9-20(29(32,33)34)22(30)24(23(19)35-26(39)36-25)44-13-17(21-8-18(31)14-43-21)12-42-45(6,7)28(3,4)5/h8-9,14-17H,10-13H2,1-7H3,(H,40,41)(H,35,36,39)/t15-,16+,17?. The number of thiophene rings is 1. The molecule has 2 aromatic heterocycles. The minimum absolute atomic E-state index is 0.0136. The van der Waals surface area contributed by atoms with Crippen molar-refractivity contribution in [1.82, 2.24) is 14.9 Å². The van der Waals surface area contributed by atoms with Gasteiger partial charge in [0, 0.05) is 47.0 Å². The third kappa shape index (κ3) is 7.63. The number of rotatable bonds is 8. The Morgan fingerprint density at radius 1 is 1.24 bits per heavy atom. The van der Waals surface area contributed by atoms with Gasteiger partial charge < -0.3 is 19.4 Å². The Kier molecular flexibility index (Phi) is 10.3. The summed E-state index contributed by atoms with van der Waals surface area (Å²) in [6.07, 6.45) is -5.93. The van der Waals surface area contributed by atoms with Gasteiger partial charge >= 0.3 is 18.0 Å². The summed E-state index contributed by atoms with van der Waals surface area (Å²) in [7, 11) is -2.22. The highest BCUT2D eigenvalue weighted by Crippen LogP contribution is 2.46. The number of fused-ring (bicyclic) bond motifs is 1. The van der Waals surface area contributed by atoms with Crippen LogP contribution in [0.4, 0.5) is 28.2 Å². The Hall–Kier alpha value is -2.33. The predicted octanol–water partition coefficient (Wildman–Crippen LogP) is 8.27. The molecule has 1 aromatic carbocycles. The molecule has 1 amide bonds. The van der Waals surface area contributed by atoms with Gasteiger partial charge in [-0.15, -0.1) is 23.1 Å². The van der Waals surface area contributed by atoms with E-state index in [0.29, 0.717) is 4.88 Å². The van der Waals surface area contributed by atoms with E-state index in [1.807, 2.05) is 0 Å². The average molecular weight is 709 g/mol. The molecule has 0 bridgehead atoms. The molecule has 1 aliphatic heterocycles. The first-order valence-electron chi connectivity index (χ1n) is 14.3. The highest BCUT2D eigenvalue weighted by Gasteiger charge is 2.40. The molecule has 0 saturated carbocycles. The van der Waals surface area contributed by atoms with Crippen LogP contribution in [0.25, 0.3) is 10.9 Å².